The minimum Gasteiger partial charge on any atom is -0.274 e. The number of nitrogens with zero attached hydrogens (tertiary/aromatic N) is 1. The lowest BCUT2D eigenvalue weighted by Gasteiger charge is -2.32. The summed E-state index contributed by atoms with van der Waals surface area (Å²) in [6, 6.07) is 19.9. The highest BCUT2D eigenvalue weighted by Crippen LogP contribution is 2.41. The van der Waals surface area contributed by atoms with Crippen molar-refractivity contribution < 1.29 is 9.59 Å². The summed E-state index contributed by atoms with van der Waals surface area (Å²) in [6.07, 6.45) is 3.64. The van der Waals surface area contributed by atoms with Crippen LogP contribution in [0.5, 0.6) is 0 Å². The molecule has 132 valence electrons. The van der Waals surface area contributed by atoms with Crippen molar-refractivity contribution in [1.82, 2.24) is 0 Å². The second-order valence-electron chi connectivity index (χ2n) is 7.72. The second kappa shape index (κ2) is 6.36. The monoisotopic (exact) mass is 361 g/mol. The number of carbonyl (C=O) groups excluding carboxylic acids is 2. The lowest BCUT2D eigenvalue weighted by Crippen LogP contribution is -2.45. The van der Waals surface area contributed by atoms with E-state index in [1.54, 1.807) is 0 Å². The molecule has 2 aromatic carbocycles. The van der Waals surface area contributed by atoms with Crippen LogP contribution in [0.4, 0.5) is 5.69 Å². The lowest BCUT2D eigenvalue weighted by molar-refractivity contribution is -0.122. The van der Waals surface area contributed by atoms with Crippen molar-refractivity contribution >= 4 is 30.8 Å². The van der Waals surface area contributed by atoms with Gasteiger partial charge >= 0.3 is 0 Å². The molecule has 1 fully saturated rings. The number of hydrogen-bond acceptors (Lipinski definition) is 2. The topological polar surface area (TPSA) is 37.4 Å². The fraction of sp³-hybridized carbons (Fsp3) is 0.273. The molecule has 4 heteroatoms. The predicted octanol–water partition coefficient (Wildman–Crippen LogP) is 3.67. The number of benzene rings is 2. The molecular weight excluding hydrogens is 338 g/mol. The van der Waals surface area contributed by atoms with Crippen LogP contribution in [0, 0.1) is 11.8 Å². The van der Waals surface area contributed by atoms with Gasteiger partial charge < -0.3 is 0 Å². The number of hydrogen-bond donors (Lipinski definition) is 0. The molecule has 0 aromatic heterocycles. The summed E-state index contributed by atoms with van der Waals surface area (Å²) in [7, 11) is -1.81. The van der Waals surface area contributed by atoms with Crippen LogP contribution in [0.1, 0.15) is 12.8 Å². The van der Waals surface area contributed by atoms with Crippen molar-refractivity contribution in [3.05, 3.63) is 71.9 Å². The van der Waals surface area contributed by atoms with E-state index in [-0.39, 0.29) is 23.7 Å². The van der Waals surface area contributed by atoms with Crippen molar-refractivity contribution in [2.75, 3.05) is 4.90 Å². The molecule has 0 saturated carbocycles. The van der Waals surface area contributed by atoms with Crippen molar-refractivity contribution in [3.8, 4) is 0 Å². The van der Waals surface area contributed by atoms with E-state index >= 15 is 0 Å². The Hall–Kier alpha value is -2.46. The number of rotatable bonds is 3. The number of imide groups is 1. The second-order valence-corrected chi connectivity index (χ2v) is 12.2. The molecule has 2 atom stereocenters. The van der Waals surface area contributed by atoms with E-state index < -0.39 is 8.07 Å². The molecule has 4 rings (SSSR count). The lowest BCUT2D eigenvalue weighted by atomic mass is 9.85. The van der Waals surface area contributed by atoms with Crippen LogP contribution < -0.4 is 10.1 Å². The van der Waals surface area contributed by atoms with Gasteiger partial charge in [0.1, 0.15) is 8.07 Å². The van der Waals surface area contributed by atoms with Gasteiger partial charge in [-0.1, -0.05) is 78.1 Å². The van der Waals surface area contributed by atoms with Gasteiger partial charge in [-0.15, -0.1) is 0 Å². The summed E-state index contributed by atoms with van der Waals surface area (Å²) >= 11 is 0. The van der Waals surface area contributed by atoms with Gasteiger partial charge in [-0.2, -0.15) is 0 Å². The number of allylic oxidation sites excluding steroid dienone is 2. The zero-order chi connectivity index (χ0) is 18.3. The van der Waals surface area contributed by atoms with E-state index in [0.717, 1.165) is 0 Å². The van der Waals surface area contributed by atoms with Crippen LogP contribution in [0.3, 0.4) is 0 Å². The average Bonchev–Trinajstić information content (AvgIpc) is 2.93. The average molecular weight is 362 g/mol. The zero-order valence-corrected chi connectivity index (χ0v) is 16.2. The summed E-state index contributed by atoms with van der Waals surface area (Å²) in [5.41, 5.74) is 0.693. The molecule has 0 spiro atoms. The van der Waals surface area contributed by atoms with Crippen LogP contribution in [0.25, 0.3) is 0 Å². The molecule has 2 aliphatic rings. The third-order valence-electron chi connectivity index (χ3n) is 5.93. The van der Waals surface area contributed by atoms with Gasteiger partial charge in [0.15, 0.2) is 0 Å². The minimum absolute atomic E-state index is 0.0327. The Morgan fingerprint density at radius 2 is 1.42 bits per heavy atom. The molecule has 0 radical (unpaired) electrons. The third-order valence-corrected chi connectivity index (χ3v) is 9.72. The van der Waals surface area contributed by atoms with E-state index in [0.29, 0.717) is 18.5 Å². The summed E-state index contributed by atoms with van der Waals surface area (Å²) < 4.78 is 0. The molecule has 0 bridgehead atoms. The number of anilines is 1. The highest BCUT2D eigenvalue weighted by molar-refractivity contribution is 6.95. The first kappa shape index (κ1) is 17.0. The summed E-state index contributed by atoms with van der Waals surface area (Å²) in [5, 5.41) is 2.77. The highest BCUT2D eigenvalue weighted by atomic mass is 28.3. The van der Waals surface area contributed by atoms with E-state index in [1.807, 2.05) is 36.4 Å². The molecule has 1 heterocycles. The van der Waals surface area contributed by atoms with Crippen LogP contribution in [0.15, 0.2) is 71.9 Å². The molecule has 1 saturated heterocycles. The van der Waals surface area contributed by atoms with Crippen molar-refractivity contribution in [1.29, 1.82) is 0 Å². The van der Waals surface area contributed by atoms with Gasteiger partial charge in [-0.3, -0.25) is 14.5 Å². The van der Waals surface area contributed by atoms with Crippen molar-refractivity contribution in [3.63, 3.8) is 0 Å². The van der Waals surface area contributed by atoms with Crippen LogP contribution in [-0.2, 0) is 9.59 Å². The molecule has 2 unspecified atom stereocenters. The first-order valence-electron chi connectivity index (χ1n) is 9.18. The number of para-hydroxylation sites is 1. The molecule has 1 aliphatic heterocycles. The Morgan fingerprint density at radius 3 is 2.08 bits per heavy atom. The van der Waals surface area contributed by atoms with E-state index in [9.17, 15) is 9.59 Å². The molecule has 1 aliphatic carbocycles. The number of amides is 2. The number of fused-ring (bicyclic) bond motifs is 1. The predicted molar refractivity (Wildman–Crippen MR) is 107 cm³/mol. The largest absolute Gasteiger partial charge is 0.274 e. The molecule has 2 aromatic rings. The molecule has 3 nitrogen and oxygen atoms in total. The highest BCUT2D eigenvalue weighted by Gasteiger charge is 2.50. The quantitative estimate of drug-likeness (QED) is 0.618. The molecule has 26 heavy (non-hydrogen) atoms. The Labute approximate surface area is 155 Å². The van der Waals surface area contributed by atoms with Gasteiger partial charge in [-0.25, -0.2) is 0 Å². The van der Waals surface area contributed by atoms with E-state index in [2.05, 4.69) is 43.4 Å². The smallest absolute Gasteiger partial charge is 0.238 e. The summed E-state index contributed by atoms with van der Waals surface area (Å²) in [6.45, 7) is 4.68. The van der Waals surface area contributed by atoms with Crippen molar-refractivity contribution in [2.24, 2.45) is 11.8 Å². The van der Waals surface area contributed by atoms with Gasteiger partial charge in [0.25, 0.3) is 0 Å². The summed E-state index contributed by atoms with van der Waals surface area (Å²) in [4.78, 5) is 27.3. The maximum atomic E-state index is 13.1. The SMILES string of the molecule is C[Si](C)(C1=CCC2C(=O)N(c3ccccc3)C(=O)C2C1)c1ccccc1. The molecule has 2 amide bonds. The maximum absolute atomic E-state index is 13.1. The fourth-order valence-electron chi connectivity index (χ4n) is 4.25. The zero-order valence-electron chi connectivity index (χ0n) is 15.2. The van der Waals surface area contributed by atoms with E-state index in [4.69, 9.17) is 0 Å². The molecule has 0 N–H and O–H groups in total. The van der Waals surface area contributed by atoms with Crippen LogP contribution in [-0.4, -0.2) is 19.9 Å². The standard InChI is InChI=1S/C22H23NO2Si/c1-26(2,17-11-7-4-8-12-17)18-13-14-19-20(15-18)22(25)23(21(19)24)16-9-5-3-6-10-16/h3-13,19-20H,14-15H2,1-2H3. The Morgan fingerprint density at radius 1 is 0.846 bits per heavy atom. The number of carbonyl (C=O) groups is 2. The van der Waals surface area contributed by atoms with Crippen molar-refractivity contribution in [2.45, 2.75) is 25.9 Å². The Kier molecular flexibility index (Phi) is 4.15. The summed E-state index contributed by atoms with van der Waals surface area (Å²) in [5.74, 6) is -0.486. The first-order chi connectivity index (χ1) is 12.5. The first-order valence-corrected chi connectivity index (χ1v) is 12.2. The van der Waals surface area contributed by atoms with Gasteiger partial charge in [0, 0.05) is 0 Å². The molecular formula is C22H23NO2Si. The Bertz CT molecular complexity index is 874. The van der Waals surface area contributed by atoms with E-state index in [1.165, 1.54) is 15.3 Å². The van der Waals surface area contributed by atoms with Gasteiger partial charge in [0.05, 0.1) is 17.5 Å². The van der Waals surface area contributed by atoms with Gasteiger partial charge in [-0.05, 0) is 25.0 Å². The van der Waals surface area contributed by atoms with Gasteiger partial charge in [0.2, 0.25) is 11.8 Å². The van der Waals surface area contributed by atoms with Crippen LogP contribution in [0.2, 0.25) is 13.1 Å². The maximum Gasteiger partial charge on any atom is 0.238 e. The Balaban J connectivity index is 1.63. The fourth-order valence-corrected chi connectivity index (χ4v) is 7.01. The van der Waals surface area contributed by atoms with Crippen LogP contribution >= 0.6 is 0 Å². The third kappa shape index (κ3) is 2.65. The minimum atomic E-state index is -1.81. The normalized spacial score (nSPS) is 23.0.